The fourth-order valence-electron chi connectivity index (χ4n) is 2.54. The van der Waals surface area contributed by atoms with E-state index in [1.807, 2.05) is 4.72 Å². The Hall–Kier alpha value is -2.73. The molecule has 0 amide bonds. The summed E-state index contributed by atoms with van der Waals surface area (Å²) in [5.41, 5.74) is -3.08. The summed E-state index contributed by atoms with van der Waals surface area (Å²) in [4.78, 5) is 3.56. The third-order valence-corrected chi connectivity index (χ3v) is 5.49. The Bertz CT molecular complexity index is 1190. The third kappa shape index (κ3) is 4.38. The third-order valence-electron chi connectivity index (χ3n) is 3.84. The highest BCUT2D eigenvalue weighted by Gasteiger charge is 2.35. The van der Waals surface area contributed by atoms with Crippen molar-refractivity contribution >= 4 is 27.3 Å². The fourth-order valence-corrected chi connectivity index (χ4v) is 4.03. The normalized spacial score (nSPS) is 12.8. The van der Waals surface area contributed by atoms with Gasteiger partial charge in [0, 0.05) is 12.4 Å². The number of anilines is 1. The van der Waals surface area contributed by atoms with Gasteiger partial charge < -0.3 is 0 Å². The average molecular weight is 470 g/mol. The van der Waals surface area contributed by atoms with Crippen LogP contribution in [0.15, 0.2) is 59.9 Å². The molecule has 0 saturated carbocycles. The number of benzene rings is 1. The topological polar surface area (TPSA) is 64.0 Å². The Morgan fingerprint density at radius 2 is 1.63 bits per heavy atom. The van der Waals surface area contributed by atoms with Crippen molar-refractivity contribution in [3.05, 3.63) is 71.0 Å². The van der Waals surface area contributed by atoms with Crippen molar-refractivity contribution < 1.29 is 34.8 Å². The van der Waals surface area contributed by atoms with Crippen LogP contribution in [0.3, 0.4) is 0 Å². The molecule has 0 bridgehead atoms. The molecule has 0 aliphatic rings. The van der Waals surface area contributed by atoms with E-state index in [-0.39, 0.29) is 5.82 Å². The van der Waals surface area contributed by atoms with Gasteiger partial charge in [-0.1, -0.05) is 23.7 Å². The van der Waals surface area contributed by atoms with Gasteiger partial charge in [-0.2, -0.15) is 34.8 Å². The van der Waals surface area contributed by atoms with Crippen molar-refractivity contribution in [2.45, 2.75) is 17.4 Å². The van der Waals surface area contributed by atoms with Crippen LogP contribution in [0.4, 0.5) is 32.0 Å². The van der Waals surface area contributed by atoms with E-state index in [9.17, 15) is 34.8 Å². The van der Waals surface area contributed by atoms with E-state index in [4.69, 9.17) is 11.6 Å². The highest BCUT2D eigenvalue weighted by atomic mass is 35.5. The average Bonchev–Trinajstić information content (AvgIpc) is 3.10. The van der Waals surface area contributed by atoms with E-state index < -0.39 is 49.2 Å². The van der Waals surface area contributed by atoms with Gasteiger partial charge in [-0.15, -0.1) is 0 Å². The van der Waals surface area contributed by atoms with Crippen LogP contribution < -0.4 is 4.72 Å². The molecule has 5 nitrogen and oxygen atoms in total. The Balaban J connectivity index is 2.04. The van der Waals surface area contributed by atoms with E-state index in [2.05, 4.69) is 4.98 Å². The van der Waals surface area contributed by atoms with E-state index in [0.717, 1.165) is 29.0 Å². The molecule has 1 aromatic carbocycles. The van der Waals surface area contributed by atoms with Crippen LogP contribution >= 0.6 is 11.6 Å². The number of rotatable bonds is 4. The second kappa shape index (κ2) is 7.51. The maximum atomic E-state index is 13.1. The first kappa shape index (κ1) is 22.0. The smallest absolute Gasteiger partial charge is 0.289 e. The van der Waals surface area contributed by atoms with E-state index in [1.165, 1.54) is 12.1 Å². The molecule has 0 aliphatic heterocycles. The number of alkyl halides is 6. The van der Waals surface area contributed by atoms with Crippen molar-refractivity contribution in [2.24, 2.45) is 0 Å². The molecule has 3 rings (SSSR count). The first-order valence-electron chi connectivity index (χ1n) is 7.90. The summed E-state index contributed by atoms with van der Waals surface area (Å²) in [6.45, 7) is 0. The summed E-state index contributed by atoms with van der Waals surface area (Å²) in [6.07, 6.45) is -7.93. The van der Waals surface area contributed by atoms with Gasteiger partial charge in [-0.25, -0.2) is 4.98 Å². The number of nitrogens with one attached hydrogen (secondary N) is 1. The summed E-state index contributed by atoms with van der Waals surface area (Å²) < 4.78 is 106. The Labute approximate surface area is 171 Å². The van der Waals surface area contributed by atoms with Crippen molar-refractivity contribution in [2.75, 3.05) is 4.72 Å². The molecule has 3 aromatic rings. The molecule has 0 aliphatic carbocycles. The van der Waals surface area contributed by atoms with Crippen LogP contribution in [-0.2, 0) is 22.4 Å². The summed E-state index contributed by atoms with van der Waals surface area (Å²) in [7, 11) is -4.59. The van der Waals surface area contributed by atoms with Crippen molar-refractivity contribution in [3.63, 3.8) is 0 Å². The van der Waals surface area contributed by atoms with Gasteiger partial charge in [0.25, 0.3) is 10.0 Å². The predicted octanol–water partition coefficient (Wildman–Crippen LogP) is 5.36. The van der Waals surface area contributed by atoms with Gasteiger partial charge in [0.2, 0.25) is 0 Å². The SMILES string of the molecule is O=S(=O)(Nc1ccccc1C(F)(F)F)c1cccn1-c1ncc(C(F)(F)F)cc1Cl. The van der Waals surface area contributed by atoms with E-state index in [1.54, 1.807) is 0 Å². The van der Waals surface area contributed by atoms with Gasteiger partial charge in [0.05, 0.1) is 21.8 Å². The maximum absolute atomic E-state index is 13.1. The van der Waals surface area contributed by atoms with Crippen LogP contribution in [0.2, 0.25) is 5.02 Å². The lowest BCUT2D eigenvalue weighted by molar-refractivity contribution is -0.138. The minimum absolute atomic E-state index is 0.348. The van der Waals surface area contributed by atoms with Crippen molar-refractivity contribution in [1.29, 1.82) is 0 Å². The number of pyridine rings is 1. The molecule has 0 spiro atoms. The second-order valence-electron chi connectivity index (χ2n) is 5.89. The zero-order valence-corrected chi connectivity index (χ0v) is 16.0. The lowest BCUT2D eigenvalue weighted by Gasteiger charge is -2.16. The first-order valence-corrected chi connectivity index (χ1v) is 9.76. The highest BCUT2D eigenvalue weighted by Crippen LogP contribution is 2.36. The van der Waals surface area contributed by atoms with Crippen LogP contribution in [0.25, 0.3) is 5.82 Å². The Kier molecular flexibility index (Phi) is 5.50. The molecule has 0 fully saturated rings. The lowest BCUT2D eigenvalue weighted by Crippen LogP contribution is -2.20. The van der Waals surface area contributed by atoms with Crippen molar-refractivity contribution in [1.82, 2.24) is 9.55 Å². The van der Waals surface area contributed by atoms with Gasteiger partial charge >= 0.3 is 12.4 Å². The molecular formula is C17H10ClF6N3O2S. The molecule has 2 heterocycles. The highest BCUT2D eigenvalue weighted by molar-refractivity contribution is 7.92. The minimum Gasteiger partial charge on any atom is -0.289 e. The number of para-hydroxylation sites is 1. The number of hydrogen-bond donors (Lipinski definition) is 1. The summed E-state index contributed by atoms with van der Waals surface area (Å²) in [6, 6.07) is 6.75. The van der Waals surface area contributed by atoms with Crippen LogP contribution in [0.5, 0.6) is 0 Å². The quantitative estimate of drug-likeness (QED) is 0.523. The van der Waals surface area contributed by atoms with Crippen molar-refractivity contribution in [3.8, 4) is 5.82 Å². The van der Waals surface area contributed by atoms with Gasteiger partial charge in [-0.05, 0) is 30.3 Å². The van der Waals surface area contributed by atoms with E-state index in [0.29, 0.717) is 18.3 Å². The molecule has 0 radical (unpaired) electrons. The molecule has 160 valence electrons. The maximum Gasteiger partial charge on any atom is 0.418 e. The molecule has 30 heavy (non-hydrogen) atoms. The number of nitrogens with zero attached hydrogens (tertiary/aromatic N) is 2. The molecule has 1 N–H and O–H groups in total. The Morgan fingerprint density at radius 3 is 2.23 bits per heavy atom. The first-order chi connectivity index (χ1) is 13.8. The van der Waals surface area contributed by atoms with Gasteiger partial charge in [0.1, 0.15) is 0 Å². The molecule has 0 atom stereocenters. The Morgan fingerprint density at radius 1 is 0.967 bits per heavy atom. The standard InChI is InChI=1S/C17H10ClF6N3O2S/c18-12-8-10(16(19,20)21)9-25-15(12)27-7-3-6-14(27)30(28,29)26-13-5-2-1-4-11(13)17(22,23)24/h1-9,26H. The zero-order valence-electron chi connectivity index (χ0n) is 14.5. The summed E-state index contributed by atoms with van der Waals surface area (Å²) >= 11 is 5.85. The molecule has 13 heteroatoms. The minimum atomic E-state index is -4.82. The summed E-state index contributed by atoms with van der Waals surface area (Å²) in [5, 5.41) is -1.08. The predicted molar refractivity (Wildman–Crippen MR) is 95.8 cm³/mol. The monoisotopic (exact) mass is 469 g/mol. The van der Waals surface area contributed by atoms with Gasteiger partial charge in [0.15, 0.2) is 10.8 Å². The molecule has 2 aromatic heterocycles. The lowest BCUT2D eigenvalue weighted by atomic mass is 10.2. The number of hydrogen-bond acceptors (Lipinski definition) is 3. The molecule has 0 saturated heterocycles. The number of halogens is 7. The van der Waals surface area contributed by atoms with Crippen LogP contribution in [0.1, 0.15) is 11.1 Å². The second-order valence-corrected chi connectivity index (χ2v) is 7.93. The van der Waals surface area contributed by atoms with E-state index >= 15 is 0 Å². The van der Waals surface area contributed by atoms with Crippen LogP contribution in [0, 0.1) is 0 Å². The fraction of sp³-hybridized carbons (Fsp3) is 0.118. The zero-order chi connectivity index (χ0) is 22.3. The molecule has 0 unspecified atom stereocenters. The van der Waals surface area contributed by atoms with Crippen LogP contribution in [-0.4, -0.2) is 18.0 Å². The summed E-state index contributed by atoms with van der Waals surface area (Å²) in [5.74, 6) is -0.348. The largest absolute Gasteiger partial charge is 0.418 e. The van der Waals surface area contributed by atoms with Gasteiger partial charge in [-0.3, -0.25) is 9.29 Å². The molecular weight excluding hydrogens is 460 g/mol. The number of aromatic nitrogens is 2. The number of sulfonamides is 1.